The van der Waals surface area contributed by atoms with Crippen LogP contribution in [-0.2, 0) is 11.2 Å². The lowest BCUT2D eigenvalue weighted by atomic mass is 10.1. The number of hydrogen-bond acceptors (Lipinski definition) is 5. The lowest BCUT2D eigenvalue weighted by molar-refractivity contribution is 0.100. The van der Waals surface area contributed by atoms with E-state index in [1.54, 1.807) is 7.11 Å². The molecule has 2 aromatic rings. The van der Waals surface area contributed by atoms with Gasteiger partial charge in [0, 0.05) is 13.2 Å². The number of nitrogens with two attached hydrogens (primary N) is 2. The van der Waals surface area contributed by atoms with Crippen LogP contribution in [0.2, 0.25) is 0 Å². The number of ether oxygens (including phenoxy) is 2. The van der Waals surface area contributed by atoms with Gasteiger partial charge in [0.05, 0.1) is 24.1 Å². The number of aromatic nitrogens is 1. The Morgan fingerprint density at radius 3 is 2.62 bits per heavy atom. The molecule has 0 spiro atoms. The van der Waals surface area contributed by atoms with Gasteiger partial charge in [-0.1, -0.05) is 12.1 Å². The second-order valence-corrected chi connectivity index (χ2v) is 4.46. The van der Waals surface area contributed by atoms with Crippen LogP contribution in [0.4, 0.5) is 5.69 Å². The van der Waals surface area contributed by atoms with E-state index in [9.17, 15) is 4.79 Å². The van der Waals surface area contributed by atoms with E-state index in [0.29, 0.717) is 12.4 Å². The first kappa shape index (κ1) is 14.8. The topological polar surface area (TPSA) is 100 Å². The Hall–Kier alpha value is -2.60. The summed E-state index contributed by atoms with van der Waals surface area (Å²) < 4.78 is 10.6. The van der Waals surface area contributed by atoms with Gasteiger partial charge in [-0.15, -0.1) is 0 Å². The van der Waals surface area contributed by atoms with Gasteiger partial charge in [0.2, 0.25) is 5.88 Å². The molecule has 6 nitrogen and oxygen atoms in total. The quantitative estimate of drug-likeness (QED) is 0.842. The number of rotatable bonds is 6. The standard InChI is InChI=1S/C15H17N3O3/c1-20-7-6-10-2-4-11(5-3-10)21-14-8-12(15(17)19)13(16)9-18-14/h2-5,8-9H,6-7,16H2,1H3,(H2,17,19). The highest BCUT2D eigenvalue weighted by atomic mass is 16.5. The van der Waals surface area contributed by atoms with Crippen LogP contribution in [0, 0.1) is 0 Å². The van der Waals surface area contributed by atoms with Crippen LogP contribution in [0.15, 0.2) is 36.5 Å². The van der Waals surface area contributed by atoms with Crippen molar-refractivity contribution in [3.8, 4) is 11.6 Å². The van der Waals surface area contributed by atoms with Gasteiger partial charge >= 0.3 is 0 Å². The van der Waals surface area contributed by atoms with Gasteiger partial charge < -0.3 is 20.9 Å². The minimum atomic E-state index is -0.616. The molecular formula is C15H17N3O3. The van der Waals surface area contributed by atoms with Crippen molar-refractivity contribution in [1.82, 2.24) is 4.98 Å². The first-order valence-electron chi connectivity index (χ1n) is 6.41. The average Bonchev–Trinajstić information content (AvgIpc) is 2.48. The monoisotopic (exact) mass is 287 g/mol. The number of anilines is 1. The maximum Gasteiger partial charge on any atom is 0.251 e. The summed E-state index contributed by atoms with van der Waals surface area (Å²) in [7, 11) is 1.67. The van der Waals surface area contributed by atoms with Crippen molar-refractivity contribution in [2.45, 2.75) is 6.42 Å². The molecule has 0 saturated heterocycles. The maximum absolute atomic E-state index is 11.2. The Bertz CT molecular complexity index is 627. The van der Waals surface area contributed by atoms with E-state index < -0.39 is 5.91 Å². The highest BCUT2D eigenvalue weighted by molar-refractivity contribution is 5.98. The molecule has 1 aromatic carbocycles. The summed E-state index contributed by atoms with van der Waals surface area (Å²) in [6.45, 7) is 0.668. The second kappa shape index (κ2) is 6.71. The molecule has 0 unspecified atom stereocenters. The summed E-state index contributed by atoms with van der Waals surface area (Å²) in [5, 5.41) is 0. The molecule has 1 heterocycles. The number of carbonyl (C=O) groups excluding carboxylic acids is 1. The predicted molar refractivity (Wildman–Crippen MR) is 79.3 cm³/mol. The Balaban J connectivity index is 2.11. The Kier molecular flexibility index (Phi) is 4.73. The number of amides is 1. The molecular weight excluding hydrogens is 270 g/mol. The fraction of sp³-hybridized carbons (Fsp3) is 0.200. The number of hydrogen-bond donors (Lipinski definition) is 2. The van der Waals surface area contributed by atoms with Crippen LogP contribution >= 0.6 is 0 Å². The molecule has 6 heteroatoms. The first-order valence-corrected chi connectivity index (χ1v) is 6.41. The molecule has 21 heavy (non-hydrogen) atoms. The molecule has 0 bridgehead atoms. The van der Waals surface area contributed by atoms with Crippen LogP contribution in [0.5, 0.6) is 11.6 Å². The molecule has 0 aliphatic rings. The number of primary amides is 1. The molecule has 0 radical (unpaired) electrons. The number of carbonyl (C=O) groups is 1. The molecule has 0 aliphatic carbocycles. The van der Waals surface area contributed by atoms with Crippen molar-refractivity contribution in [1.29, 1.82) is 0 Å². The smallest absolute Gasteiger partial charge is 0.251 e. The van der Waals surface area contributed by atoms with Crippen molar-refractivity contribution in [2.75, 3.05) is 19.5 Å². The lowest BCUT2D eigenvalue weighted by Crippen LogP contribution is -2.13. The summed E-state index contributed by atoms with van der Waals surface area (Å²) in [5.41, 5.74) is 12.4. The van der Waals surface area contributed by atoms with E-state index >= 15 is 0 Å². The van der Waals surface area contributed by atoms with Gasteiger partial charge in [-0.25, -0.2) is 4.98 Å². The minimum absolute atomic E-state index is 0.191. The van der Waals surface area contributed by atoms with E-state index in [2.05, 4.69) is 4.98 Å². The van der Waals surface area contributed by atoms with E-state index in [0.717, 1.165) is 12.0 Å². The number of pyridine rings is 1. The van der Waals surface area contributed by atoms with Crippen molar-refractivity contribution < 1.29 is 14.3 Å². The Morgan fingerprint density at radius 2 is 2.00 bits per heavy atom. The number of nitrogens with zero attached hydrogens (tertiary/aromatic N) is 1. The van der Waals surface area contributed by atoms with Gasteiger partial charge in [-0.05, 0) is 24.1 Å². The van der Waals surface area contributed by atoms with Crippen molar-refractivity contribution in [2.24, 2.45) is 5.73 Å². The van der Waals surface area contributed by atoms with Gasteiger partial charge in [0.15, 0.2) is 0 Å². The summed E-state index contributed by atoms with van der Waals surface area (Å²) in [6, 6.07) is 8.97. The zero-order valence-electron chi connectivity index (χ0n) is 11.7. The molecule has 110 valence electrons. The first-order chi connectivity index (χ1) is 10.1. The highest BCUT2D eigenvalue weighted by Gasteiger charge is 2.09. The van der Waals surface area contributed by atoms with Crippen LogP contribution in [-0.4, -0.2) is 24.6 Å². The minimum Gasteiger partial charge on any atom is -0.439 e. The summed E-state index contributed by atoms with van der Waals surface area (Å²) >= 11 is 0. The molecule has 4 N–H and O–H groups in total. The zero-order chi connectivity index (χ0) is 15.2. The van der Waals surface area contributed by atoms with Crippen LogP contribution in [0.25, 0.3) is 0 Å². The fourth-order valence-electron chi connectivity index (χ4n) is 1.78. The average molecular weight is 287 g/mol. The predicted octanol–water partition coefficient (Wildman–Crippen LogP) is 1.74. The summed E-state index contributed by atoms with van der Waals surface area (Å²) in [4.78, 5) is 15.2. The number of benzene rings is 1. The van der Waals surface area contributed by atoms with Crippen molar-refractivity contribution in [3.63, 3.8) is 0 Å². The largest absolute Gasteiger partial charge is 0.439 e. The zero-order valence-corrected chi connectivity index (χ0v) is 11.7. The second-order valence-electron chi connectivity index (χ2n) is 4.46. The van der Waals surface area contributed by atoms with Crippen LogP contribution < -0.4 is 16.2 Å². The lowest BCUT2D eigenvalue weighted by Gasteiger charge is -2.08. The van der Waals surface area contributed by atoms with Crippen LogP contribution in [0.1, 0.15) is 15.9 Å². The molecule has 2 rings (SSSR count). The number of methoxy groups -OCH3 is 1. The van der Waals surface area contributed by atoms with Crippen molar-refractivity contribution >= 4 is 11.6 Å². The molecule has 0 fully saturated rings. The fourth-order valence-corrected chi connectivity index (χ4v) is 1.78. The SMILES string of the molecule is COCCc1ccc(Oc2cc(C(N)=O)c(N)cn2)cc1. The van der Waals surface area contributed by atoms with Gasteiger partial charge in [0.25, 0.3) is 5.91 Å². The normalized spacial score (nSPS) is 10.3. The number of nitrogen functional groups attached to an aromatic ring is 1. The molecule has 0 saturated carbocycles. The van der Waals surface area contributed by atoms with Gasteiger partial charge in [0.1, 0.15) is 5.75 Å². The van der Waals surface area contributed by atoms with E-state index in [1.807, 2.05) is 24.3 Å². The third kappa shape index (κ3) is 3.93. The van der Waals surface area contributed by atoms with Gasteiger partial charge in [-0.2, -0.15) is 0 Å². The highest BCUT2D eigenvalue weighted by Crippen LogP contribution is 2.22. The van der Waals surface area contributed by atoms with E-state index in [4.69, 9.17) is 20.9 Å². The van der Waals surface area contributed by atoms with Gasteiger partial charge in [-0.3, -0.25) is 4.79 Å². The Labute approximate surface area is 122 Å². The molecule has 0 aliphatic heterocycles. The molecule has 1 aromatic heterocycles. The third-order valence-electron chi connectivity index (χ3n) is 2.92. The Morgan fingerprint density at radius 1 is 1.29 bits per heavy atom. The molecule has 0 atom stereocenters. The van der Waals surface area contributed by atoms with Crippen molar-refractivity contribution in [3.05, 3.63) is 47.7 Å². The third-order valence-corrected chi connectivity index (χ3v) is 2.92. The summed E-state index contributed by atoms with van der Waals surface area (Å²) in [5.74, 6) is 0.265. The van der Waals surface area contributed by atoms with E-state index in [-0.39, 0.29) is 17.1 Å². The van der Waals surface area contributed by atoms with Crippen LogP contribution in [0.3, 0.4) is 0 Å². The maximum atomic E-state index is 11.2. The summed E-state index contributed by atoms with van der Waals surface area (Å²) in [6.07, 6.45) is 2.19. The molecule has 1 amide bonds. The van der Waals surface area contributed by atoms with E-state index in [1.165, 1.54) is 12.3 Å².